The lowest BCUT2D eigenvalue weighted by Crippen LogP contribution is -1.89. The first-order chi connectivity index (χ1) is 7.24. The Morgan fingerprint density at radius 1 is 1.20 bits per heavy atom. The normalized spacial score (nSPS) is 10.0. The van der Waals surface area contributed by atoms with Crippen LogP contribution in [0.2, 0.25) is 0 Å². The highest BCUT2D eigenvalue weighted by Crippen LogP contribution is 2.24. The molecule has 0 aliphatic heterocycles. The number of aromatic nitrogens is 2. The summed E-state index contributed by atoms with van der Waals surface area (Å²) in [5, 5.41) is 0. The molecule has 0 radical (unpaired) electrons. The molecule has 1 aromatic carbocycles. The third kappa shape index (κ3) is 2.73. The van der Waals surface area contributed by atoms with Crippen molar-refractivity contribution in [1.29, 1.82) is 0 Å². The van der Waals surface area contributed by atoms with Crippen LogP contribution >= 0.6 is 15.9 Å². The SMILES string of the molecule is Fc1cc(Br)cc(Oc2cnccn2)c1. The number of halogens is 2. The van der Waals surface area contributed by atoms with Crippen LogP contribution in [0.15, 0.2) is 41.3 Å². The standard InChI is InChI=1S/C10H6BrFN2O/c11-7-3-8(12)5-9(4-7)15-10-6-13-1-2-14-10/h1-6H. The summed E-state index contributed by atoms with van der Waals surface area (Å²) in [7, 11) is 0. The molecule has 0 N–H and O–H groups in total. The lowest BCUT2D eigenvalue weighted by atomic mass is 10.3. The Hall–Kier alpha value is -1.49. The largest absolute Gasteiger partial charge is 0.437 e. The summed E-state index contributed by atoms with van der Waals surface area (Å²) in [5.74, 6) is 0.334. The van der Waals surface area contributed by atoms with Gasteiger partial charge in [-0.25, -0.2) is 9.37 Å². The molecule has 0 bridgehead atoms. The van der Waals surface area contributed by atoms with E-state index in [-0.39, 0.29) is 5.82 Å². The van der Waals surface area contributed by atoms with Gasteiger partial charge in [0.2, 0.25) is 5.88 Å². The fraction of sp³-hybridized carbons (Fsp3) is 0. The van der Waals surface area contributed by atoms with E-state index in [1.807, 2.05) is 0 Å². The van der Waals surface area contributed by atoms with Crippen molar-refractivity contribution in [2.45, 2.75) is 0 Å². The number of ether oxygens (including phenoxy) is 1. The Morgan fingerprint density at radius 2 is 2.07 bits per heavy atom. The van der Waals surface area contributed by atoms with Crippen LogP contribution in [0.5, 0.6) is 11.6 Å². The van der Waals surface area contributed by atoms with Crippen LogP contribution in [0.4, 0.5) is 4.39 Å². The summed E-state index contributed by atoms with van der Waals surface area (Å²) < 4.78 is 18.9. The zero-order valence-electron chi connectivity index (χ0n) is 7.52. The Bertz CT molecular complexity index is 444. The van der Waals surface area contributed by atoms with Gasteiger partial charge in [0.15, 0.2) is 0 Å². The fourth-order valence-corrected chi connectivity index (χ4v) is 1.49. The van der Waals surface area contributed by atoms with Crippen molar-refractivity contribution < 1.29 is 9.13 Å². The maximum Gasteiger partial charge on any atom is 0.237 e. The van der Waals surface area contributed by atoms with Crippen LogP contribution < -0.4 is 4.74 Å². The van der Waals surface area contributed by atoms with Crippen LogP contribution in [-0.2, 0) is 0 Å². The van der Waals surface area contributed by atoms with E-state index in [9.17, 15) is 4.39 Å². The Labute approximate surface area is 94.1 Å². The summed E-state index contributed by atoms with van der Waals surface area (Å²) in [5.41, 5.74) is 0. The average Bonchev–Trinajstić information content (AvgIpc) is 2.17. The lowest BCUT2D eigenvalue weighted by molar-refractivity contribution is 0.455. The number of benzene rings is 1. The monoisotopic (exact) mass is 268 g/mol. The molecule has 0 spiro atoms. The van der Waals surface area contributed by atoms with Gasteiger partial charge in [0.25, 0.3) is 0 Å². The van der Waals surface area contributed by atoms with Crippen molar-refractivity contribution in [3.05, 3.63) is 47.1 Å². The smallest absolute Gasteiger partial charge is 0.237 e. The molecular weight excluding hydrogens is 263 g/mol. The highest BCUT2D eigenvalue weighted by atomic mass is 79.9. The van der Waals surface area contributed by atoms with Crippen LogP contribution in [0.25, 0.3) is 0 Å². The molecule has 0 saturated carbocycles. The molecule has 2 aromatic rings. The Balaban J connectivity index is 2.25. The van der Waals surface area contributed by atoms with Gasteiger partial charge in [0.1, 0.15) is 11.6 Å². The van der Waals surface area contributed by atoms with Crippen molar-refractivity contribution in [2.75, 3.05) is 0 Å². The summed E-state index contributed by atoms with van der Waals surface area (Å²) >= 11 is 3.17. The quantitative estimate of drug-likeness (QED) is 0.839. The van der Waals surface area contributed by atoms with Crippen LogP contribution in [-0.4, -0.2) is 9.97 Å². The van der Waals surface area contributed by atoms with E-state index >= 15 is 0 Å². The van der Waals surface area contributed by atoms with Gasteiger partial charge in [0.05, 0.1) is 6.20 Å². The number of rotatable bonds is 2. The molecule has 0 unspecified atom stereocenters. The van der Waals surface area contributed by atoms with Gasteiger partial charge in [-0.2, -0.15) is 0 Å². The second kappa shape index (κ2) is 4.35. The molecule has 5 heteroatoms. The van der Waals surface area contributed by atoms with Gasteiger partial charge in [-0.05, 0) is 12.1 Å². The van der Waals surface area contributed by atoms with Crippen molar-refractivity contribution >= 4 is 15.9 Å². The number of hydrogen-bond donors (Lipinski definition) is 0. The van der Waals surface area contributed by atoms with E-state index < -0.39 is 0 Å². The lowest BCUT2D eigenvalue weighted by Gasteiger charge is -2.04. The number of nitrogens with zero attached hydrogens (tertiary/aromatic N) is 2. The zero-order valence-corrected chi connectivity index (χ0v) is 9.11. The van der Waals surface area contributed by atoms with E-state index in [0.29, 0.717) is 16.1 Å². The summed E-state index contributed by atoms with van der Waals surface area (Å²) in [6.45, 7) is 0. The Morgan fingerprint density at radius 3 is 2.73 bits per heavy atom. The highest BCUT2D eigenvalue weighted by molar-refractivity contribution is 9.10. The van der Waals surface area contributed by atoms with Crippen molar-refractivity contribution in [3.63, 3.8) is 0 Å². The first-order valence-electron chi connectivity index (χ1n) is 4.14. The third-order valence-electron chi connectivity index (χ3n) is 1.60. The van der Waals surface area contributed by atoms with Gasteiger partial charge in [0, 0.05) is 22.9 Å². The Kier molecular flexibility index (Phi) is 2.91. The molecule has 76 valence electrons. The number of hydrogen-bond acceptors (Lipinski definition) is 3. The summed E-state index contributed by atoms with van der Waals surface area (Å²) in [4.78, 5) is 7.74. The molecule has 3 nitrogen and oxygen atoms in total. The maximum atomic E-state index is 13.0. The van der Waals surface area contributed by atoms with Crippen molar-refractivity contribution in [2.24, 2.45) is 0 Å². The molecule has 0 amide bonds. The summed E-state index contributed by atoms with van der Waals surface area (Å²) in [6.07, 6.45) is 4.50. The van der Waals surface area contributed by atoms with Crippen LogP contribution in [0.1, 0.15) is 0 Å². The van der Waals surface area contributed by atoms with E-state index in [4.69, 9.17) is 4.74 Å². The molecule has 2 rings (SSSR count). The average molecular weight is 269 g/mol. The minimum Gasteiger partial charge on any atom is -0.437 e. The second-order valence-electron chi connectivity index (χ2n) is 2.75. The van der Waals surface area contributed by atoms with Gasteiger partial charge in [-0.15, -0.1) is 0 Å². The predicted molar refractivity (Wildman–Crippen MR) is 56.2 cm³/mol. The van der Waals surface area contributed by atoms with E-state index in [1.54, 1.807) is 6.07 Å². The van der Waals surface area contributed by atoms with Gasteiger partial charge in [-0.3, -0.25) is 4.98 Å². The second-order valence-corrected chi connectivity index (χ2v) is 3.67. The molecule has 0 saturated heterocycles. The molecule has 0 fully saturated rings. The van der Waals surface area contributed by atoms with E-state index in [2.05, 4.69) is 25.9 Å². The first-order valence-corrected chi connectivity index (χ1v) is 4.93. The molecule has 0 aliphatic rings. The van der Waals surface area contributed by atoms with Gasteiger partial charge < -0.3 is 4.74 Å². The summed E-state index contributed by atoms with van der Waals surface area (Å²) in [6, 6.07) is 4.28. The molecule has 1 heterocycles. The van der Waals surface area contributed by atoms with Crippen molar-refractivity contribution in [3.8, 4) is 11.6 Å². The minimum atomic E-state index is -0.372. The highest BCUT2D eigenvalue weighted by Gasteiger charge is 2.02. The van der Waals surface area contributed by atoms with Crippen LogP contribution in [0, 0.1) is 5.82 Å². The van der Waals surface area contributed by atoms with Crippen LogP contribution in [0.3, 0.4) is 0 Å². The molecule has 0 atom stereocenters. The first kappa shape index (κ1) is 10.0. The minimum absolute atomic E-state index is 0.329. The van der Waals surface area contributed by atoms with Gasteiger partial charge in [-0.1, -0.05) is 15.9 Å². The molecule has 15 heavy (non-hydrogen) atoms. The zero-order chi connectivity index (χ0) is 10.7. The maximum absolute atomic E-state index is 13.0. The van der Waals surface area contributed by atoms with E-state index in [1.165, 1.54) is 30.7 Å². The molecule has 1 aromatic heterocycles. The molecular formula is C10H6BrFN2O. The van der Waals surface area contributed by atoms with Gasteiger partial charge >= 0.3 is 0 Å². The third-order valence-corrected chi connectivity index (χ3v) is 2.06. The fourth-order valence-electron chi connectivity index (χ4n) is 1.05. The van der Waals surface area contributed by atoms with E-state index in [0.717, 1.165) is 0 Å². The molecule has 0 aliphatic carbocycles. The van der Waals surface area contributed by atoms with Crippen molar-refractivity contribution in [1.82, 2.24) is 9.97 Å². The topological polar surface area (TPSA) is 35.0 Å². The predicted octanol–water partition coefficient (Wildman–Crippen LogP) is 3.17.